The second-order valence-corrected chi connectivity index (χ2v) is 9.37. The zero-order chi connectivity index (χ0) is 23.7. The van der Waals surface area contributed by atoms with Gasteiger partial charge in [0, 0.05) is 75.6 Å². The molecule has 0 atom stereocenters. The van der Waals surface area contributed by atoms with Crippen molar-refractivity contribution in [3.63, 3.8) is 0 Å². The van der Waals surface area contributed by atoms with Gasteiger partial charge in [0.05, 0.1) is 0 Å². The van der Waals surface area contributed by atoms with Crippen LogP contribution in [0.4, 0.5) is 11.5 Å². The van der Waals surface area contributed by atoms with E-state index in [1.165, 1.54) is 18.7 Å². The van der Waals surface area contributed by atoms with Gasteiger partial charge in [-0.2, -0.15) is 0 Å². The number of aromatic nitrogens is 2. The van der Waals surface area contributed by atoms with E-state index in [-0.39, 0.29) is 23.1 Å². The molecule has 2 fully saturated rings. The van der Waals surface area contributed by atoms with Crippen LogP contribution in [0.25, 0.3) is 0 Å². The van der Waals surface area contributed by atoms with E-state index in [0.29, 0.717) is 38.5 Å². The molecule has 1 aromatic carbocycles. The molecule has 9 heteroatoms. The van der Waals surface area contributed by atoms with Crippen molar-refractivity contribution < 1.29 is 4.79 Å². The first-order chi connectivity index (χ1) is 15.8. The Balaban J connectivity index is 1.37. The highest BCUT2D eigenvalue weighted by Crippen LogP contribution is 2.27. The van der Waals surface area contributed by atoms with Crippen molar-refractivity contribution in [2.24, 2.45) is 13.0 Å². The van der Waals surface area contributed by atoms with Gasteiger partial charge in [-0.3, -0.25) is 18.7 Å². The van der Waals surface area contributed by atoms with Crippen LogP contribution in [0.3, 0.4) is 0 Å². The van der Waals surface area contributed by atoms with E-state index >= 15 is 0 Å². The second kappa shape index (κ2) is 9.63. The van der Waals surface area contributed by atoms with Crippen molar-refractivity contribution >= 4 is 29.0 Å². The highest BCUT2D eigenvalue weighted by molar-refractivity contribution is 6.30. The number of piperazine rings is 1. The van der Waals surface area contributed by atoms with Crippen LogP contribution < -0.4 is 21.0 Å². The molecule has 0 spiro atoms. The predicted molar refractivity (Wildman–Crippen MR) is 132 cm³/mol. The van der Waals surface area contributed by atoms with Crippen LogP contribution in [0, 0.1) is 12.8 Å². The number of piperidine rings is 1. The van der Waals surface area contributed by atoms with E-state index in [1.54, 1.807) is 4.57 Å². The van der Waals surface area contributed by atoms with Crippen LogP contribution >= 0.6 is 11.6 Å². The van der Waals surface area contributed by atoms with Crippen LogP contribution in [0.15, 0.2) is 33.9 Å². The van der Waals surface area contributed by atoms with Gasteiger partial charge in [0.2, 0.25) is 5.91 Å². The number of carbonyl (C=O) groups is 1. The van der Waals surface area contributed by atoms with Crippen molar-refractivity contribution in [3.8, 4) is 0 Å². The first-order valence-electron chi connectivity index (χ1n) is 11.7. The van der Waals surface area contributed by atoms with Gasteiger partial charge in [-0.15, -0.1) is 0 Å². The molecule has 8 nitrogen and oxygen atoms in total. The molecule has 0 aliphatic carbocycles. The maximum atomic E-state index is 13.2. The number of hydrogen-bond donors (Lipinski definition) is 0. The minimum Gasteiger partial charge on any atom is -0.368 e. The Hall–Kier alpha value is -2.74. The van der Waals surface area contributed by atoms with E-state index in [4.69, 9.17) is 11.6 Å². The summed E-state index contributed by atoms with van der Waals surface area (Å²) in [5.74, 6) is 0.852. The molecule has 178 valence electrons. The lowest BCUT2D eigenvalue weighted by atomic mass is 9.95. The molecule has 1 aromatic heterocycles. The van der Waals surface area contributed by atoms with Gasteiger partial charge in [-0.1, -0.05) is 17.7 Å². The highest BCUT2D eigenvalue weighted by atomic mass is 35.5. The second-order valence-electron chi connectivity index (χ2n) is 8.93. The molecule has 2 aliphatic heterocycles. The van der Waals surface area contributed by atoms with E-state index < -0.39 is 0 Å². The fraction of sp³-hybridized carbons (Fsp3) is 0.542. The third-order valence-electron chi connectivity index (χ3n) is 6.97. The lowest BCUT2D eigenvalue weighted by Gasteiger charge is -2.40. The number of aryl methyl sites for hydroxylation is 1. The first-order valence-corrected chi connectivity index (χ1v) is 12.0. The molecule has 0 N–H and O–H groups in total. The van der Waals surface area contributed by atoms with Crippen molar-refractivity contribution in [2.75, 3.05) is 49.1 Å². The van der Waals surface area contributed by atoms with Gasteiger partial charge >= 0.3 is 5.69 Å². The summed E-state index contributed by atoms with van der Waals surface area (Å²) in [4.78, 5) is 44.2. The smallest absolute Gasteiger partial charge is 0.332 e. The summed E-state index contributed by atoms with van der Waals surface area (Å²) >= 11 is 6.18. The standard InChI is InChI=1S/C24H32ClN5O3/c1-4-30-21(16-22(31)26(3)24(30)33)28-9-7-18(8-10-28)23(32)29-13-11-27(12-14-29)20-15-19(25)6-5-17(20)2/h5-6,15-16,18H,4,7-14H2,1-3H3. The lowest BCUT2D eigenvalue weighted by molar-refractivity contribution is -0.136. The van der Waals surface area contributed by atoms with Crippen LogP contribution in [0.2, 0.25) is 5.02 Å². The molecule has 2 aromatic rings. The average Bonchev–Trinajstić information content (AvgIpc) is 2.83. The fourth-order valence-electron chi connectivity index (χ4n) is 4.92. The molecule has 2 aliphatic rings. The number of carbonyl (C=O) groups excluding carboxylic acids is 1. The number of amides is 1. The van der Waals surface area contributed by atoms with Gasteiger partial charge in [0.25, 0.3) is 5.56 Å². The van der Waals surface area contributed by atoms with Crippen molar-refractivity contribution in [1.82, 2.24) is 14.0 Å². The largest absolute Gasteiger partial charge is 0.368 e. The Morgan fingerprint density at radius 1 is 1.00 bits per heavy atom. The number of benzene rings is 1. The van der Waals surface area contributed by atoms with Crippen molar-refractivity contribution in [1.29, 1.82) is 0 Å². The summed E-state index contributed by atoms with van der Waals surface area (Å²) in [6, 6.07) is 7.46. The van der Waals surface area contributed by atoms with Crippen LogP contribution in [-0.2, 0) is 18.4 Å². The minimum atomic E-state index is -0.300. The number of anilines is 2. The van der Waals surface area contributed by atoms with E-state index in [1.807, 2.05) is 30.0 Å². The zero-order valence-corrected chi connectivity index (χ0v) is 20.3. The number of halogens is 1. The number of rotatable bonds is 4. The quantitative estimate of drug-likeness (QED) is 0.680. The molecule has 2 saturated heterocycles. The predicted octanol–water partition coefficient (Wildman–Crippen LogP) is 2.09. The molecule has 1 amide bonds. The summed E-state index contributed by atoms with van der Waals surface area (Å²) in [7, 11) is 1.50. The van der Waals surface area contributed by atoms with Gasteiger partial charge in [-0.05, 0) is 44.4 Å². The van der Waals surface area contributed by atoms with E-state index in [0.717, 1.165) is 41.2 Å². The molecule has 3 heterocycles. The maximum Gasteiger partial charge on any atom is 0.332 e. The van der Waals surface area contributed by atoms with E-state index in [2.05, 4.69) is 16.7 Å². The average molecular weight is 474 g/mol. The molecule has 0 saturated carbocycles. The Bertz CT molecular complexity index is 1140. The summed E-state index contributed by atoms with van der Waals surface area (Å²) < 4.78 is 2.76. The van der Waals surface area contributed by atoms with Crippen molar-refractivity contribution in [2.45, 2.75) is 33.2 Å². The maximum absolute atomic E-state index is 13.2. The molecule has 33 heavy (non-hydrogen) atoms. The summed E-state index contributed by atoms with van der Waals surface area (Å²) in [5.41, 5.74) is 1.73. The van der Waals surface area contributed by atoms with Gasteiger partial charge in [0.15, 0.2) is 0 Å². The van der Waals surface area contributed by atoms with Crippen LogP contribution in [-0.4, -0.2) is 59.2 Å². The van der Waals surface area contributed by atoms with Crippen molar-refractivity contribution in [3.05, 3.63) is 55.7 Å². The summed E-state index contributed by atoms with van der Waals surface area (Å²) in [5, 5.41) is 0.727. The SMILES string of the molecule is CCn1c(N2CCC(C(=O)N3CCN(c4cc(Cl)ccc4C)CC3)CC2)cc(=O)n(C)c1=O. The van der Waals surface area contributed by atoms with Gasteiger partial charge < -0.3 is 14.7 Å². The normalized spacial score (nSPS) is 17.5. The summed E-state index contributed by atoms with van der Waals surface area (Å²) in [6.07, 6.45) is 1.44. The fourth-order valence-corrected chi connectivity index (χ4v) is 5.09. The number of nitrogens with zero attached hydrogens (tertiary/aromatic N) is 5. The van der Waals surface area contributed by atoms with Gasteiger partial charge in [-0.25, -0.2) is 4.79 Å². The zero-order valence-electron chi connectivity index (χ0n) is 19.6. The third-order valence-corrected chi connectivity index (χ3v) is 7.20. The molecular formula is C24H32ClN5O3. The monoisotopic (exact) mass is 473 g/mol. The minimum absolute atomic E-state index is 0.0194. The van der Waals surface area contributed by atoms with Crippen LogP contribution in [0.1, 0.15) is 25.3 Å². The molecular weight excluding hydrogens is 442 g/mol. The van der Waals surface area contributed by atoms with E-state index in [9.17, 15) is 14.4 Å². The molecule has 4 rings (SSSR count). The Morgan fingerprint density at radius 2 is 1.67 bits per heavy atom. The first kappa shape index (κ1) is 23.4. The summed E-state index contributed by atoms with van der Waals surface area (Å²) in [6.45, 7) is 8.79. The lowest BCUT2D eigenvalue weighted by Crippen LogP contribution is -2.52. The number of hydrogen-bond acceptors (Lipinski definition) is 5. The Morgan fingerprint density at radius 3 is 2.30 bits per heavy atom. The van der Waals surface area contributed by atoms with Crippen LogP contribution in [0.5, 0.6) is 0 Å². The Labute approximate surface area is 199 Å². The molecule has 0 radical (unpaired) electrons. The molecule has 0 bridgehead atoms. The highest BCUT2D eigenvalue weighted by Gasteiger charge is 2.31. The Kier molecular flexibility index (Phi) is 6.83. The van der Waals surface area contributed by atoms with Gasteiger partial charge in [0.1, 0.15) is 5.82 Å². The molecule has 0 unspecified atom stereocenters. The third kappa shape index (κ3) is 4.67. The topological polar surface area (TPSA) is 70.8 Å².